The first kappa shape index (κ1) is 23.8. The molecule has 36 heavy (non-hydrogen) atoms. The summed E-state index contributed by atoms with van der Waals surface area (Å²) in [7, 11) is 0. The molecule has 0 aliphatic rings. The molecule has 0 radical (unpaired) electrons. The van der Waals surface area contributed by atoms with Gasteiger partial charge in [-0.05, 0) is 24.3 Å². The highest BCUT2D eigenvalue weighted by Crippen LogP contribution is 2.38. The number of rotatable bonds is 6. The van der Waals surface area contributed by atoms with Crippen molar-refractivity contribution < 1.29 is 24.4 Å². The lowest BCUT2D eigenvalue weighted by atomic mass is 10.2. The SMILES string of the molecule is O=C(Cn1c(O)c(N=NC(=O)C(=O)Nc2ccccc2[N+](=O)[O-])c2ccccc21)Nc1ccccc1. The number of aromatic hydroxyl groups is 1. The van der Waals surface area contributed by atoms with Crippen LogP contribution in [0.4, 0.5) is 22.7 Å². The van der Waals surface area contributed by atoms with Crippen molar-refractivity contribution in [2.24, 2.45) is 10.2 Å². The lowest BCUT2D eigenvalue weighted by Crippen LogP contribution is -2.21. The first-order valence-electron chi connectivity index (χ1n) is 10.5. The Hall–Kier alpha value is -5.39. The van der Waals surface area contributed by atoms with Crippen molar-refractivity contribution in [2.75, 3.05) is 10.6 Å². The van der Waals surface area contributed by atoms with Crippen LogP contribution >= 0.6 is 0 Å². The Morgan fingerprint density at radius 2 is 1.58 bits per heavy atom. The van der Waals surface area contributed by atoms with E-state index in [1.165, 1.54) is 28.8 Å². The van der Waals surface area contributed by atoms with E-state index in [2.05, 4.69) is 20.9 Å². The van der Waals surface area contributed by atoms with Crippen LogP contribution in [-0.2, 0) is 20.9 Å². The number of nitrogens with one attached hydrogen (secondary N) is 2. The molecule has 3 amide bonds. The molecule has 0 fully saturated rings. The molecule has 0 aliphatic heterocycles. The Bertz CT molecular complexity index is 1510. The summed E-state index contributed by atoms with van der Waals surface area (Å²) in [5.41, 5.74) is 0.326. The average molecular weight is 486 g/mol. The van der Waals surface area contributed by atoms with Gasteiger partial charge in [-0.2, -0.15) is 0 Å². The predicted molar refractivity (Wildman–Crippen MR) is 130 cm³/mol. The lowest BCUT2D eigenvalue weighted by Gasteiger charge is -2.08. The second-order valence-electron chi connectivity index (χ2n) is 7.42. The first-order chi connectivity index (χ1) is 17.3. The Kier molecular flexibility index (Phi) is 6.77. The molecule has 4 rings (SSSR count). The largest absolute Gasteiger partial charge is 0.493 e. The number of carbonyl (C=O) groups is 3. The summed E-state index contributed by atoms with van der Waals surface area (Å²) in [6.45, 7) is -0.261. The zero-order chi connectivity index (χ0) is 25.7. The van der Waals surface area contributed by atoms with Gasteiger partial charge in [-0.15, -0.1) is 10.2 Å². The zero-order valence-corrected chi connectivity index (χ0v) is 18.5. The van der Waals surface area contributed by atoms with Gasteiger partial charge in [-0.1, -0.05) is 48.5 Å². The number of anilines is 2. The van der Waals surface area contributed by atoms with Crippen molar-refractivity contribution in [3.8, 4) is 5.88 Å². The van der Waals surface area contributed by atoms with E-state index in [9.17, 15) is 29.6 Å². The number of fused-ring (bicyclic) bond motifs is 1. The van der Waals surface area contributed by atoms with Crippen LogP contribution in [0, 0.1) is 10.1 Å². The Morgan fingerprint density at radius 1 is 0.917 bits per heavy atom. The Labute approximate surface area is 203 Å². The predicted octanol–water partition coefficient (Wildman–Crippen LogP) is 4.14. The number of para-hydroxylation sites is 4. The highest BCUT2D eigenvalue weighted by Gasteiger charge is 2.22. The maximum atomic E-state index is 12.5. The molecule has 0 saturated heterocycles. The highest BCUT2D eigenvalue weighted by atomic mass is 16.6. The average Bonchev–Trinajstić information content (AvgIpc) is 3.13. The third-order valence-corrected chi connectivity index (χ3v) is 5.06. The number of benzene rings is 3. The molecule has 3 N–H and O–H groups in total. The van der Waals surface area contributed by atoms with Crippen LogP contribution < -0.4 is 10.6 Å². The van der Waals surface area contributed by atoms with Crippen LogP contribution in [0.15, 0.2) is 89.1 Å². The minimum atomic E-state index is -1.34. The van der Waals surface area contributed by atoms with Crippen LogP contribution in [0.3, 0.4) is 0 Å². The van der Waals surface area contributed by atoms with Crippen molar-refractivity contribution in [1.82, 2.24) is 4.57 Å². The number of hydrogen-bond acceptors (Lipinski definition) is 7. The van der Waals surface area contributed by atoms with E-state index < -0.39 is 34.2 Å². The number of nitro benzene ring substituents is 1. The maximum absolute atomic E-state index is 12.5. The first-order valence-corrected chi connectivity index (χ1v) is 10.5. The summed E-state index contributed by atoms with van der Waals surface area (Å²) in [5, 5.41) is 34.2. The second-order valence-corrected chi connectivity index (χ2v) is 7.42. The number of amides is 3. The van der Waals surface area contributed by atoms with Crippen LogP contribution in [0.5, 0.6) is 5.88 Å². The summed E-state index contributed by atoms with van der Waals surface area (Å²) in [6.07, 6.45) is 0. The van der Waals surface area contributed by atoms with Gasteiger partial charge in [0.15, 0.2) is 5.69 Å². The summed E-state index contributed by atoms with van der Waals surface area (Å²) < 4.78 is 1.29. The molecule has 180 valence electrons. The van der Waals surface area contributed by atoms with E-state index in [1.54, 1.807) is 54.6 Å². The van der Waals surface area contributed by atoms with Crippen molar-refractivity contribution >= 4 is 51.4 Å². The van der Waals surface area contributed by atoms with Gasteiger partial charge in [0.25, 0.3) is 5.69 Å². The number of nitro groups is 1. The molecular weight excluding hydrogens is 468 g/mol. The second kappa shape index (κ2) is 10.3. The normalized spacial score (nSPS) is 10.9. The lowest BCUT2D eigenvalue weighted by molar-refractivity contribution is -0.383. The summed E-state index contributed by atoms with van der Waals surface area (Å²) >= 11 is 0. The number of hydrogen-bond donors (Lipinski definition) is 3. The van der Waals surface area contributed by atoms with Crippen molar-refractivity contribution in [2.45, 2.75) is 6.54 Å². The van der Waals surface area contributed by atoms with Crippen LogP contribution in [0.25, 0.3) is 10.9 Å². The van der Waals surface area contributed by atoms with Gasteiger partial charge in [-0.25, -0.2) is 0 Å². The van der Waals surface area contributed by atoms with Gasteiger partial charge in [0.2, 0.25) is 11.8 Å². The third-order valence-electron chi connectivity index (χ3n) is 5.06. The molecule has 4 aromatic rings. The van der Waals surface area contributed by atoms with E-state index in [1.807, 2.05) is 0 Å². The van der Waals surface area contributed by atoms with Crippen LogP contribution in [-0.4, -0.2) is 32.3 Å². The molecular formula is C24H18N6O6. The van der Waals surface area contributed by atoms with E-state index in [0.717, 1.165) is 0 Å². The van der Waals surface area contributed by atoms with Crippen molar-refractivity contribution in [1.29, 1.82) is 0 Å². The van der Waals surface area contributed by atoms with E-state index in [4.69, 9.17) is 0 Å². The number of aromatic nitrogens is 1. The molecule has 12 nitrogen and oxygen atoms in total. The van der Waals surface area contributed by atoms with Gasteiger partial charge >= 0.3 is 11.8 Å². The Balaban J connectivity index is 1.55. The summed E-state index contributed by atoms with van der Waals surface area (Å²) in [5.74, 6) is -3.44. The molecule has 0 aliphatic carbocycles. The standard InChI is InChI=1S/C24H18N6O6/c31-20(25-15-8-2-1-3-9-15)14-29-18-12-6-4-10-16(18)21(24(29)34)27-28-23(33)22(32)26-17-11-5-7-13-19(17)30(35)36/h1-13,34H,14H2,(H,25,31)(H,26,32). The monoisotopic (exact) mass is 486 g/mol. The molecule has 0 spiro atoms. The van der Waals surface area contributed by atoms with E-state index in [0.29, 0.717) is 16.6 Å². The molecule has 0 unspecified atom stereocenters. The molecule has 12 heteroatoms. The van der Waals surface area contributed by atoms with Gasteiger partial charge in [-0.3, -0.25) is 24.5 Å². The third kappa shape index (κ3) is 5.07. The van der Waals surface area contributed by atoms with Gasteiger partial charge in [0.1, 0.15) is 12.2 Å². The van der Waals surface area contributed by atoms with Gasteiger partial charge in [0, 0.05) is 17.1 Å². The van der Waals surface area contributed by atoms with E-state index >= 15 is 0 Å². The molecule has 0 bridgehead atoms. The minimum Gasteiger partial charge on any atom is -0.493 e. The van der Waals surface area contributed by atoms with Crippen LogP contribution in [0.2, 0.25) is 0 Å². The van der Waals surface area contributed by atoms with Crippen molar-refractivity contribution in [3.63, 3.8) is 0 Å². The smallest absolute Gasteiger partial charge is 0.353 e. The summed E-state index contributed by atoms with van der Waals surface area (Å²) in [4.78, 5) is 47.4. The molecule has 0 saturated carbocycles. The quantitative estimate of drug-likeness (QED) is 0.160. The topological polar surface area (TPSA) is 168 Å². The number of carbonyl (C=O) groups excluding carboxylic acids is 3. The maximum Gasteiger partial charge on any atom is 0.353 e. The fourth-order valence-electron chi connectivity index (χ4n) is 3.45. The molecule has 0 atom stereocenters. The van der Waals surface area contributed by atoms with Crippen molar-refractivity contribution in [3.05, 3.63) is 89.0 Å². The zero-order valence-electron chi connectivity index (χ0n) is 18.5. The molecule has 3 aromatic carbocycles. The van der Waals surface area contributed by atoms with Gasteiger partial charge < -0.3 is 20.3 Å². The fourth-order valence-corrected chi connectivity index (χ4v) is 3.45. The van der Waals surface area contributed by atoms with Crippen LogP contribution in [0.1, 0.15) is 0 Å². The van der Waals surface area contributed by atoms with Gasteiger partial charge in [0.05, 0.1) is 10.4 Å². The summed E-state index contributed by atoms with van der Waals surface area (Å²) in [6, 6.07) is 20.7. The fraction of sp³-hybridized carbons (Fsp3) is 0.0417. The molecule has 1 heterocycles. The highest BCUT2D eigenvalue weighted by molar-refractivity contribution is 6.40. The minimum absolute atomic E-state index is 0.120. The number of azo groups is 1. The Morgan fingerprint density at radius 3 is 2.33 bits per heavy atom. The molecule has 1 aromatic heterocycles. The number of nitrogens with zero attached hydrogens (tertiary/aromatic N) is 4. The van der Waals surface area contributed by atoms with E-state index in [-0.39, 0.29) is 17.9 Å².